The molecule has 0 aliphatic heterocycles. The summed E-state index contributed by atoms with van der Waals surface area (Å²) in [5.41, 5.74) is 4.35. The number of nitrogens with zero attached hydrogens (tertiary/aromatic N) is 2. The number of pyridine rings is 1. The second-order valence-corrected chi connectivity index (χ2v) is 4.44. The number of anilines is 1. The molecule has 0 saturated heterocycles. The lowest BCUT2D eigenvalue weighted by molar-refractivity contribution is -0.274. The van der Waals surface area contributed by atoms with Gasteiger partial charge in [-0.1, -0.05) is 0 Å². The summed E-state index contributed by atoms with van der Waals surface area (Å²) in [7, 11) is -4.30. The number of alkyl halides is 3. The van der Waals surface area contributed by atoms with Crippen molar-refractivity contribution in [2.75, 3.05) is 5.73 Å². The van der Waals surface area contributed by atoms with Crippen molar-refractivity contribution in [1.82, 2.24) is 4.98 Å². The number of ether oxygens (including phenoxy) is 1. The molecule has 0 aromatic carbocycles. The summed E-state index contributed by atoms with van der Waals surface area (Å²) >= 11 is 0. The van der Waals surface area contributed by atoms with Crippen LogP contribution in [0.5, 0.6) is 5.75 Å². The molecule has 98 valence electrons. The van der Waals surface area contributed by atoms with Gasteiger partial charge in [-0.15, -0.1) is 13.2 Å². The highest BCUT2D eigenvalue weighted by molar-refractivity contribution is 7.89. The molecular formula is C7H5F3N4O3S. The highest BCUT2D eigenvalue weighted by Crippen LogP contribution is 2.31. The normalized spacial score (nSPS) is 11.9. The van der Waals surface area contributed by atoms with E-state index in [9.17, 15) is 21.6 Å². The lowest BCUT2D eigenvalue weighted by atomic mass is 10.2. The number of nitriles is 1. The molecule has 18 heavy (non-hydrogen) atoms. The maximum atomic E-state index is 12.0. The van der Waals surface area contributed by atoms with Crippen LogP contribution in [0.1, 0.15) is 5.56 Å². The largest absolute Gasteiger partial charge is 0.573 e. The molecule has 0 saturated carbocycles. The van der Waals surface area contributed by atoms with Crippen molar-refractivity contribution in [3.05, 3.63) is 11.6 Å². The summed E-state index contributed by atoms with van der Waals surface area (Å²) in [6.07, 6.45) is -5.09. The molecule has 1 aromatic heterocycles. The van der Waals surface area contributed by atoms with E-state index in [1.807, 2.05) is 0 Å². The third-order valence-corrected chi connectivity index (χ3v) is 2.40. The fraction of sp³-hybridized carbons (Fsp3) is 0.143. The van der Waals surface area contributed by atoms with Gasteiger partial charge in [0.15, 0.2) is 16.6 Å². The summed E-state index contributed by atoms with van der Waals surface area (Å²) in [6, 6.07) is 1.84. The van der Waals surface area contributed by atoms with Crippen LogP contribution in [-0.4, -0.2) is 19.8 Å². The monoisotopic (exact) mass is 282 g/mol. The molecule has 7 nitrogen and oxygen atoms in total. The van der Waals surface area contributed by atoms with E-state index in [0.29, 0.717) is 6.07 Å². The predicted molar refractivity (Wildman–Crippen MR) is 51.4 cm³/mol. The molecule has 0 aliphatic carbocycles. The van der Waals surface area contributed by atoms with Crippen molar-refractivity contribution in [1.29, 1.82) is 5.26 Å². The van der Waals surface area contributed by atoms with Crippen LogP contribution in [0.15, 0.2) is 11.1 Å². The van der Waals surface area contributed by atoms with Crippen LogP contribution in [-0.2, 0) is 10.0 Å². The van der Waals surface area contributed by atoms with Gasteiger partial charge in [-0.05, 0) is 6.07 Å². The van der Waals surface area contributed by atoms with Gasteiger partial charge in [0, 0.05) is 0 Å². The number of aromatic nitrogens is 1. The number of sulfonamides is 1. The van der Waals surface area contributed by atoms with E-state index in [1.54, 1.807) is 0 Å². The second kappa shape index (κ2) is 4.31. The Labute approximate surface area is 98.8 Å². The van der Waals surface area contributed by atoms with Crippen molar-refractivity contribution in [2.45, 2.75) is 11.4 Å². The Hall–Kier alpha value is -2.06. The Morgan fingerprint density at radius 3 is 2.39 bits per heavy atom. The SMILES string of the molecule is N#Cc1cc(S(N)(=O)=O)nc(N)c1OC(F)(F)F. The van der Waals surface area contributed by atoms with Crippen LogP contribution in [0.4, 0.5) is 19.0 Å². The highest BCUT2D eigenvalue weighted by atomic mass is 32.2. The summed E-state index contributed by atoms with van der Waals surface area (Å²) < 4.78 is 61.4. The molecule has 1 rings (SSSR count). The molecule has 0 fully saturated rings. The van der Waals surface area contributed by atoms with Crippen molar-refractivity contribution >= 4 is 15.8 Å². The van der Waals surface area contributed by atoms with Crippen LogP contribution >= 0.6 is 0 Å². The average molecular weight is 282 g/mol. The van der Waals surface area contributed by atoms with Crippen LogP contribution in [0.25, 0.3) is 0 Å². The number of hydrogen-bond donors (Lipinski definition) is 2. The van der Waals surface area contributed by atoms with Crippen LogP contribution in [0, 0.1) is 11.3 Å². The van der Waals surface area contributed by atoms with Gasteiger partial charge in [-0.2, -0.15) is 5.26 Å². The van der Waals surface area contributed by atoms with Gasteiger partial charge in [-0.3, -0.25) is 0 Å². The number of halogens is 3. The minimum absolute atomic E-state index is 0.534. The first kappa shape index (κ1) is 14.0. The molecule has 4 N–H and O–H groups in total. The summed E-state index contributed by atoms with van der Waals surface area (Å²) in [6.45, 7) is 0. The highest BCUT2D eigenvalue weighted by Gasteiger charge is 2.34. The lowest BCUT2D eigenvalue weighted by Gasteiger charge is -2.12. The number of rotatable bonds is 2. The Morgan fingerprint density at radius 1 is 1.44 bits per heavy atom. The van der Waals surface area contributed by atoms with E-state index >= 15 is 0 Å². The van der Waals surface area contributed by atoms with E-state index in [2.05, 4.69) is 9.72 Å². The minimum Gasteiger partial charge on any atom is -0.400 e. The number of nitrogens with two attached hydrogens (primary N) is 2. The topological polar surface area (TPSA) is 132 Å². The van der Waals surface area contributed by atoms with Gasteiger partial charge in [0.2, 0.25) is 0 Å². The molecule has 11 heteroatoms. The first-order valence-corrected chi connectivity index (χ1v) is 5.58. The third-order valence-electron chi connectivity index (χ3n) is 1.61. The fourth-order valence-corrected chi connectivity index (χ4v) is 1.49. The second-order valence-electron chi connectivity index (χ2n) is 2.93. The van der Waals surface area contributed by atoms with E-state index in [4.69, 9.17) is 16.1 Å². The van der Waals surface area contributed by atoms with Gasteiger partial charge in [0.25, 0.3) is 10.0 Å². The van der Waals surface area contributed by atoms with Crippen molar-refractivity contribution < 1.29 is 26.3 Å². The Balaban J connectivity index is 3.45. The van der Waals surface area contributed by atoms with Crippen LogP contribution < -0.4 is 15.6 Å². The standard InChI is InChI=1S/C7H5F3N4O3S/c8-7(9,10)17-5-3(2-11)1-4(14-6(5)12)18(13,15)16/h1H,(H2,12,14)(H2,13,15,16). The zero-order chi connectivity index (χ0) is 14.1. The van der Waals surface area contributed by atoms with Gasteiger partial charge in [0.05, 0.1) is 0 Å². The van der Waals surface area contributed by atoms with Gasteiger partial charge >= 0.3 is 6.36 Å². The molecule has 0 radical (unpaired) electrons. The third kappa shape index (κ3) is 3.22. The first-order valence-electron chi connectivity index (χ1n) is 4.04. The molecule has 1 aromatic rings. The average Bonchev–Trinajstić information content (AvgIpc) is 2.17. The maximum absolute atomic E-state index is 12.0. The van der Waals surface area contributed by atoms with E-state index < -0.39 is 38.5 Å². The quantitative estimate of drug-likeness (QED) is 0.789. The van der Waals surface area contributed by atoms with Crippen LogP contribution in [0.2, 0.25) is 0 Å². The van der Waals surface area contributed by atoms with Gasteiger partial charge in [-0.25, -0.2) is 18.5 Å². The Bertz CT molecular complexity index is 620. The Morgan fingerprint density at radius 2 is 2.00 bits per heavy atom. The van der Waals surface area contributed by atoms with Gasteiger partial charge in [0.1, 0.15) is 11.6 Å². The predicted octanol–water partition coefficient (Wildman–Crippen LogP) is 0.0815. The molecule has 0 spiro atoms. The first-order chi connectivity index (χ1) is 8.04. The molecule has 0 atom stereocenters. The summed E-state index contributed by atoms with van der Waals surface area (Å²) in [4.78, 5) is 3.13. The molecule has 0 aliphatic rings. The fourth-order valence-electron chi connectivity index (χ4n) is 0.981. The van der Waals surface area contributed by atoms with E-state index in [-0.39, 0.29) is 0 Å². The maximum Gasteiger partial charge on any atom is 0.573 e. The molecule has 0 amide bonds. The van der Waals surface area contributed by atoms with Crippen molar-refractivity contribution in [3.8, 4) is 11.8 Å². The van der Waals surface area contributed by atoms with E-state index in [1.165, 1.54) is 6.07 Å². The lowest BCUT2D eigenvalue weighted by Crippen LogP contribution is -2.21. The van der Waals surface area contributed by atoms with Gasteiger partial charge < -0.3 is 10.5 Å². The molecule has 1 heterocycles. The Kier molecular flexibility index (Phi) is 3.36. The molecular weight excluding hydrogens is 277 g/mol. The number of hydrogen-bond acceptors (Lipinski definition) is 6. The zero-order valence-corrected chi connectivity index (χ0v) is 9.21. The number of primary sulfonamides is 1. The summed E-state index contributed by atoms with van der Waals surface area (Å²) in [5.74, 6) is -1.98. The zero-order valence-electron chi connectivity index (χ0n) is 8.39. The smallest absolute Gasteiger partial charge is 0.400 e. The number of nitrogen functional groups attached to an aromatic ring is 1. The van der Waals surface area contributed by atoms with E-state index in [0.717, 1.165) is 0 Å². The molecule has 0 bridgehead atoms. The minimum atomic E-state index is -5.09. The van der Waals surface area contributed by atoms with Crippen molar-refractivity contribution in [3.63, 3.8) is 0 Å². The van der Waals surface area contributed by atoms with Crippen LogP contribution in [0.3, 0.4) is 0 Å². The molecule has 0 unspecified atom stereocenters. The summed E-state index contributed by atoms with van der Waals surface area (Å²) in [5, 5.41) is 12.5. The van der Waals surface area contributed by atoms with Crippen molar-refractivity contribution in [2.24, 2.45) is 5.14 Å².